The summed E-state index contributed by atoms with van der Waals surface area (Å²) in [6, 6.07) is 36.7. The number of nitrogens with one attached hydrogen (secondary N) is 2. The molecule has 8 aromatic rings. The lowest BCUT2D eigenvalue weighted by Gasteiger charge is -2.32. The van der Waals surface area contributed by atoms with Crippen molar-refractivity contribution in [2.45, 2.75) is 250 Å². The summed E-state index contributed by atoms with van der Waals surface area (Å²) in [7, 11) is 1.66. The van der Waals surface area contributed by atoms with Gasteiger partial charge >= 0.3 is 0 Å². The van der Waals surface area contributed by atoms with Crippen LogP contribution in [0.2, 0.25) is 0 Å². The van der Waals surface area contributed by atoms with Gasteiger partial charge < -0.3 is 29.9 Å². The van der Waals surface area contributed by atoms with E-state index in [1.807, 2.05) is 76.2 Å². The number of hydrogen-bond donors (Lipinski definition) is 2. The summed E-state index contributed by atoms with van der Waals surface area (Å²) in [5, 5.41) is 8.02. The molecule has 2 saturated heterocycles. The van der Waals surface area contributed by atoms with Crippen LogP contribution in [0.3, 0.4) is 0 Å². The minimum atomic E-state index is 0.192. The minimum Gasteiger partial charge on any atom is -0.481 e. The summed E-state index contributed by atoms with van der Waals surface area (Å²) in [6.07, 6.45) is 19.4. The van der Waals surface area contributed by atoms with Gasteiger partial charge in [0.05, 0.1) is 66.3 Å². The van der Waals surface area contributed by atoms with Gasteiger partial charge in [-0.25, -0.2) is 9.97 Å². The van der Waals surface area contributed by atoms with E-state index in [0.717, 1.165) is 58.6 Å². The number of fused-ring (bicyclic) bond motifs is 1. The van der Waals surface area contributed by atoms with Gasteiger partial charge in [-0.05, 0) is 192 Å². The fourth-order valence-corrected chi connectivity index (χ4v) is 10.5. The largest absolute Gasteiger partial charge is 0.481 e. The van der Waals surface area contributed by atoms with Crippen LogP contribution in [-0.4, -0.2) is 86.4 Å². The molecular weight excluding hydrogens is 1180 g/mol. The van der Waals surface area contributed by atoms with Crippen LogP contribution >= 0.6 is 0 Å². The number of benzene rings is 1. The van der Waals surface area contributed by atoms with E-state index in [0.29, 0.717) is 59.4 Å². The van der Waals surface area contributed by atoms with Crippen LogP contribution in [0.5, 0.6) is 11.8 Å². The predicted molar refractivity (Wildman–Crippen MR) is 412 cm³/mol. The zero-order chi connectivity index (χ0) is 70.9. The number of hydrogen-bond acceptors (Lipinski definition) is 13. The van der Waals surface area contributed by atoms with E-state index < -0.39 is 0 Å². The molecule has 2 N–H and O–H groups in total. The van der Waals surface area contributed by atoms with Gasteiger partial charge in [-0.1, -0.05) is 154 Å². The lowest BCUT2D eigenvalue weighted by atomic mass is 10.00. The van der Waals surface area contributed by atoms with E-state index in [4.69, 9.17) is 9.47 Å². The Labute approximate surface area is 582 Å². The van der Waals surface area contributed by atoms with Crippen molar-refractivity contribution >= 4 is 33.7 Å². The minimum absolute atomic E-state index is 0.192. The number of aromatic nitrogens is 7. The maximum atomic E-state index is 5.44. The van der Waals surface area contributed by atoms with Crippen LogP contribution in [0.25, 0.3) is 10.9 Å². The molecule has 0 amide bonds. The van der Waals surface area contributed by atoms with Crippen LogP contribution in [0, 0.1) is 12.8 Å². The molecule has 10 rings (SSSR count). The molecule has 2 aliphatic rings. The Hall–Kier alpha value is -7.67. The first kappa shape index (κ1) is 80.8. The van der Waals surface area contributed by atoms with Crippen molar-refractivity contribution in [3.8, 4) is 11.8 Å². The third kappa shape index (κ3) is 29.0. The molecule has 1 aromatic carbocycles. The predicted octanol–water partition coefficient (Wildman–Crippen LogP) is 21.9. The fraction of sp³-hybridized carbons (Fsp3) is 0.530. The van der Waals surface area contributed by atoms with E-state index >= 15 is 0 Å². The Balaban J connectivity index is 0.000000239. The first-order valence-electron chi connectivity index (χ1n) is 36.1. The van der Waals surface area contributed by atoms with Crippen LogP contribution in [0.15, 0.2) is 140 Å². The molecule has 9 heterocycles. The number of pyridine rings is 7. The van der Waals surface area contributed by atoms with E-state index in [1.54, 1.807) is 7.11 Å². The first-order valence-corrected chi connectivity index (χ1v) is 36.1. The highest BCUT2D eigenvalue weighted by Crippen LogP contribution is 2.27. The summed E-state index contributed by atoms with van der Waals surface area (Å²) >= 11 is 0. The number of piperidine rings is 1. The second kappa shape index (κ2) is 42.8. The lowest BCUT2D eigenvalue weighted by molar-refractivity contribution is 0.232. The van der Waals surface area contributed by atoms with Crippen molar-refractivity contribution in [2.75, 3.05) is 53.7 Å². The average Bonchev–Trinajstić information content (AvgIpc) is 1.20. The summed E-state index contributed by atoms with van der Waals surface area (Å²) in [5.74, 6) is 5.88. The number of anilines is 4. The molecule has 96 heavy (non-hydrogen) atoms. The maximum absolute atomic E-state index is 5.44. The van der Waals surface area contributed by atoms with Crippen molar-refractivity contribution in [3.05, 3.63) is 185 Å². The van der Waals surface area contributed by atoms with Crippen LogP contribution in [0.1, 0.15) is 271 Å². The average molecular weight is 1310 g/mol. The third-order valence-corrected chi connectivity index (χ3v) is 16.9. The molecule has 7 aromatic heterocycles. The number of para-hydroxylation sites is 1. The van der Waals surface area contributed by atoms with Gasteiger partial charge in [-0.3, -0.25) is 24.9 Å². The third-order valence-electron chi connectivity index (χ3n) is 16.9. The van der Waals surface area contributed by atoms with E-state index in [9.17, 15) is 0 Å². The Bertz CT molecular complexity index is 3280. The molecule has 524 valence electrons. The SMILES string of the molecule is CC(C)Oc1ccc(C(C)C)cn1.CC(C)c1ccc(N2CCCC2)cn1.CC(C)c1cccc2cccnc12.CC1CCCN(c2ccc(C(C)C)nc2)C1.CC[C@@H](C)Nc1ccc(C(C)C)nc1.CC[C@H](C)Nc1ccc(C(C)C)nc1.COc1nc(C)ccc1C(C)C. The number of ether oxygens (including phenoxy) is 2. The van der Waals surface area contributed by atoms with Gasteiger partial charge in [0.2, 0.25) is 11.8 Å². The molecule has 0 bridgehead atoms. The summed E-state index contributed by atoms with van der Waals surface area (Å²) < 4.78 is 10.6. The summed E-state index contributed by atoms with van der Waals surface area (Å²) in [6.45, 7) is 52.1. The number of nitrogens with zero attached hydrogens (tertiary/aromatic N) is 9. The zero-order valence-corrected chi connectivity index (χ0v) is 63.5. The summed E-state index contributed by atoms with van der Waals surface area (Å²) in [4.78, 5) is 35.6. The van der Waals surface area contributed by atoms with Gasteiger partial charge in [0.1, 0.15) is 0 Å². The number of aryl methyl sites for hydroxylation is 1. The summed E-state index contributed by atoms with van der Waals surface area (Å²) in [5.41, 5.74) is 15.4. The van der Waals surface area contributed by atoms with E-state index in [2.05, 4.69) is 272 Å². The highest BCUT2D eigenvalue weighted by atomic mass is 16.5. The molecule has 0 spiro atoms. The number of methoxy groups -OCH3 is 1. The Morgan fingerprint density at radius 1 is 0.469 bits per heavy atom. The molecule has 0 saturated carbocycles. The van der Waals surface area contributed by atoms with Gasteiger partial charge in [0.25, 0.3) is 0 Å². The highest BCUT2D eigenvalue weighted by molar-refractivity contribution is 5.82. The second-order valence-electron chi connectivity index (χ2n) is 28.3. The first-order chi connectivity index (χ1) is 45.7. The Morgan fingerprint density at radius 2 is 0.958 bits per heavy atom. The molecule has 2 aliphatic heterocycles. The second-order valence-corrected chi connectivity index (χ2v) is 28.3. The van der Waals surface area contributed by atoms with E-state index in [1.165, 1.54) is 96.7 Å². The zero-order valence-electron chi connectivity index (χ0n) is 63.5. The van der Waals surface area contributed by atoms with E-state index in [-0.39, 0.29) is 6.10 Å². The standard InChI is InChI=1S/C14H22N2.C12H18N2.2C12H20N2.C12H13N.C11H17NO.C10H15NO/c1-11(2)14-7-6-13(9-15-14)16-8-4-5-12(3)10-16;1-10(2)12-6-5-11(9-13-12)14-7-3-4-8-14;2*1-5-10(4)14-11-6-7-12(9(2)3)13-8-11;1-9(2)11-7-3-5-10-6-4-8-13-12(10)11;1-8(2)10-5-6-11(12-7-10)13-9(3)4;1-7(2)9-6-5-8(3)11-10(9)12-4/h6-7,9,11-12H,4-5,8,10H2,1-3H3;5-6,9-10H,3-4,7-8H2,1-2H3;2*6-10,14H,5H2,1-4H3;3-9H,1-2H3;5-9H,1-4H3;5-7H,1-4H3/t;;2*10-;;;/m..10.../s1. The smallest absolute Gasteiger partial charge is 0.216 e. The topological polar surface area (TPSA) is 139 Å². The molecule has 3 atom stereocenters. The Kier molecular flexibility index (Phi) is 36.0. The maximum Gasteiger partial charge on any atom is 0.216 e. The van der Waals surface area contributed by atoms with Crippen molar-refractivity contribution in [1.82, 2.24) is 34.9 Å². The monoisotopic (exact) mass is 1310 g/mol. The lowest BCUT2D eigenvalue weighted by Crippen LogP contribution is -2.34. The van der Waals surface area contributed by atoms with Crippen molar-refractivity contribution in [2.24, 2.45) is 5.92 Å². The molecular formula is C83H125N11O2. The Morgan fingerprint density at radius 3 is 1.36 bits per heavy atom. The van der Waals surface area contributed by atoms with Crippen molar-refractivity contribution in [3.63, 3.8) is 0 Å². The van der Waals surface area contributed by atoms with Crippen molar-refractivity contribution < 1.29 is 9.47 Å². The molecule has 0 radical (unpaired) electrons. The fourth-order valence-electron chi connectivity index (χ4n) is 10.5. The quantitative estimate of drug-likeness (QED) is 0.0843. The van der Waals surface area contributed by atoms with Crippen LogP contribution < -0.4 is 29.9 Å². The number of rotatable bonds is 18. The van der Waals surface area contributed by atoms with Crippen LogP contribution in [-0.2, 0) is 0 Å². The molecule has 1 unspecified atom stereocenters. The van der Waals surface area contributed by atoms with Gasteiger partial charge in [-0.15, -0.1) is 0 Å². The molecule has 13 nitrogen and oxygen atoms in total. The van der Waals surface area contributed by atoms with Gasteiger partial charge in [0.15, 0.2) is 0 Å². The molecule has 2 fully saturated rings. The molecule has 0 aliphatic carbocycles. The van der Waals surface area contributed by atoms with Crippen molar-refractivity contribution in [1.29, 1.82) is 0 Å². The normalized spacial score (nSPS) is 14.1. The highest BCUT2D eigenvalue weighted by Gasteiger charge is 2.18. The molecule has 13 heteroatoms. The van der Waals surface area contributed by atoms with Gasteiger partial charge in [0, 0.05) is 96.1 Å². The van der Waals surface area contributed by atoms with Gasteiger partial charge in [-0.2, -0.15) is 0 Å². The van der Waals surface area contributed by atoms with Crippen LogP contribution in [0.4, 0.5) is 22.7 Å².